The summed E-state index contributed by atoms with van der Waals surface area (Å²) in [6, 6.07) is 0. The van der Waals surface area contributed by atoms with Gasteiger partial charge in [0.15, 0.2) is 0 Å². The van der Waals surface area contributed by atoms with E-state index in [1.54, 1.807) is 0 Å². The van der Waals surface area contributed by atoms with E-state index in [0.29, 0.717) is 19.6 Å². The van der Waals surface area contributed by atoms with Crippen LogP contribution in [0.25, 0.3) is 0 Å². The van der Waals surface area contributed by atoms with Crippen molar-refractivity contribution < 1.29 is 14.6 Å². The maximum atomic E-state index is 11.2. The molecule has 0 aromatic carbocycles. The molecule has 0 aliphatic heterocycles. The summed E-state index contributed by atoms with van der Waals surface area (Å²) in [7, 11) is 0. The molecule has 0 spiro atoms. The molecule has 3 nitrogen and oxygen atoms in total. The third-order valence-electron chi connectivity index (χ3n) is 4.32. The Balaban J connectivity index is 3.15. The first kappa shape index (κ1) is 24.0. The van der Waals surface area contributed by atoms with Crippen LogP contribution in [0.5, 0.6) is 0 Å². The first-order chi connectivity index (χ1) is 12.3. The van der Waals surface area contributed by atoms with Crippen LogP contribution < -0.4 is 0 Å². The van der Waals surface area contributed by atoms with Gasteiger partial charge in [-0.1, -0.05) is 57.8 Å². The summed E-state index contributed by atoms with van der Waals surface area (Å²) in [4.78, 5) is 11.2. The summed E-state index contributed by atoms with van der Waals surface area (Å²) in [6.45, 7) is 2.67. The topological polar surface area (TPSA) is 46.5 Å². The molecular weight excluding hydrogens is 312 g/mol. The van der Waals surface area contributed by atoms with Crippen molar-refractivity contribution in [1.82, 2.24) is 0 Å². The van der Waals surface area contributed by atoms with E-state index in [2.05, 4.69) is 11.8 Å². The standard InChI is InChI=1S/C22H40O3/c1-2-25-22(24)20-18-16-14-12-10-8-6-4-3-5-7-9-11-13-15-17-19-21-23/h23H,2-7,9,11-21H2,1H3. The van der Waals surface area contributed by atoms with Crippen LogP contribution in [0.4, 0.5) is 0 Å². The monoisotopic (exact) mass is 352 g/mol. The lowest BCUT2D eigenvalue weighted by atomic mass is 10.1. The van der Waals surface area contributed by atoms with E-state index in [0.717, 1.165) is 38.5 Å². The lowest BCUT2D eigenvalue weighted by Gasteiger charge is -2.01. The van der Waals surface area contributed by atoms with Gasteiger partial charge in [-0.2, -0.15) is 0 Å². The number of hydrogen-bond donors (Lipinski definition) is 1. The highest BCUT2D eigenvalue weighted by atomic mass is 16.5. The van der Waals surface area contributed by atoms with Crippen LogP contribution in [-0.2, 0) is 9.53 Å². The molecule has 0 amide bonds. The largest absolute Gasteiger partial charge is 0.466 e. The van der Waals surface area contributed by atoms with E-state index < -0.39 is 0 Å². The van der Waals surface area contributed by atoms with Gasteiger partial charge >= 0.3 is 5.97 Å². The summed E-state index contributed by atoms with van der Waals surface area (Å²) in [5.41, 5.74) is 0. The zero-order valence-electron chi connectivity index (χ0n) is 16.5. The maximum Gasteiger partial charge on any atom is 0.305 e. The lowest BCUT2D eigenvalue weighted by Crippen LogP contribution is -2.02. The number of aliphatic hydroxyl groups is 1. The van der Waals surface area contributed by atoms with Gasteiger partial charge in [0.25, 0.3) is 0 Å². The highest BCUT2D eigenvalue weighted by Crippen LogP contribution is 2.11. The zero-order valence-corrected chi connectivity index (χ0v) is 16.5. The van der Waals surface area contributed by atoms with Crippen molar-refractivity contribution in [2.24, 2.45) is 0 Å². The fraction of sp³-hybridized carbons (Fsp3) is 0.864. The van der Waals surface area contributed by atoms with Crippen LogP contribution in [0.1, 0.15) is 110 Å². The van der Waals surface area contributed by atoms with Crippen LogP contribution in [0.2, 0.25) is 0 Å². The minimum atomic E-state index is -0.0738. The van der Waals surface area contributed by atoms with Gasteiger partial charge < -0.3 is 9.84 Å². The van der Waals surface area contributed by atoms with Crippen molar-refractivity contribution >= 4 is 5.97 Å². The lowest BCUT2D eigenvalue weighted by molar-refractivity contribution is -0.143. The second kappa shape index (κ2) is 21.0. The first-order valence-corrected chi connectivity index (χ1v) is 10.5. The fourth-order valence-corrected chi connectivity index (χ4v) is 2.81. The molecule has 0 saturated heterocycles. The Morgan fingerprint density at radius 2 is 1.16 bits per heavy atom. The van der Waals surface area contributed by atoms with Crippen LogP contribution in [0.3, 0.4) is 0 Å². The van der Waals surface area contributed by atoms with E-state index in [9.17, 15) is 4.79 Å². The van der Waals surface area contributed by atoms with Crippen LogP contribution >= 0.6 is 0 Å². The number of ether oxygens (including phenoxy) is 1. The number of rotatable bonds is 17. The van der Waals surface area contributed by atoms with Gasteiger partial charge in [-0.3, -0.25) is 4.79 Å². The number of esters is 1. The molecule has 0 saturated carbocycles. The molecule has 0 aliphatic carbocycles. The number of aliphatic hydroxyl groups excluding tert-OH is 1. The highest BCUT2D eigenvalue weighted by Gasteiger charge is 1.99. The number of carbonyl (C=O) groups excluding carboxylic acids is 1. The molecule has 0 rings (SSSR count). The molecule has 146 valence electrons. The summed E-state index contributed by atoms with van der Waals surface area (Å²) in [6.07, 6.45) is 18.3. The van der Waals surface area contributed by atoms with Gasteiger partial charge in [0, 0.05) is 25.9 Å². The van der Waals surface area contributed by atoms with Crippen molar-refractivity contribution in [2.45, 2.75) is 110 Å². The Kier molecular flexibility index (Phi) is 20.2. The van der Waals surface area contributed by atoms with E-state index in [-0.39, 0.29) is 5.97 Å². The van der Waals surface area contributed by atoms with Crippen molar-refractivity contribution in [3.8, 4) is 11.8 Å². The minimum Gasteiger partial charge on any atom is -0.466 e. The molecule has 0 aromatic rings. The predicted molar refractivity (Wildman–Crippen MR) is 105 cm³/mol. The van der Waals surface area contributed by atoms with Crippen molar-refractivity contribution in [3.05, 3.63) is 0 Å². The Labute approximate surface area is 155 Å². The second-order valence-corrected chi connectivity index (χ2v) is 6.73. The van der Waals surface area contributed by atoms with Crippen LogP contribution in [-0.4, -0.2) is 24.3 Å². The van der Waals surface area contributed by atoms with Gasteiger partial charge in [0.1, 0.15) is 0 Å². The maximum absolute atomic E-state index is 11.2. The molecule has 0 atom stereocenters. The predicted octanol–water partition coefficient (Wildman–Crippen LogP) is 5.79. The average molecular weight is 353 g/mol. The fourth-order valence-electron chi connectivity index (χ4n) is 2.81. The Morgan fingerprint density at radius 1 is 0.720 bits per heavy atom. The van der Waals surface area contributed by atoms with Gasteiger partial charge in [0.05, 0.1) is 6.61 Å². The molecule has 0 bridgehead atoms. The normalized spacial score (nSPS) is 10.3. The van der Waals surface area contributed by atoms with Gasteiger partial charge in [-0.15, -0.1) is 11.8 Å². The molecule has 0 unspecified atom stereocenters. The highest BCUT2D eigenvalue weighted by molar-refractivity contribution is 5.69. The number of hydrogen-bond acceptors (Lipinski definition) is 3. The van der Waals surface area contributed by atoms with Gasteiger partial charge in [-0.05, 0) is 32.6 Å². The Hall–Kier alpha value is -1.01. The molecular formula is C22H40O3. The third-order valence-corrected chi connectivity index (χ3v) is 4.32. The molecule has 0 aliphatic rings. The van der Waals surface area contributed by atoms with E-state index >= 15 is 0 Å². The Bertz CT molecular complexity index is 341. The smallest absolute Gasteiger partial charge is 0.305 e. The van der Waals surface area contributed by atoms with Crippen LogP contribution in [0, 0.1) is 11.8 Å². The number of carbonyl (C=O) groups is 1. The van der Waals surface area contributed by atoms with Gasteiger partial charge in [0.2, 0.25) is 0 Å². The summed E-state index contributed by atoms with van der Waals surface area (Å²) < 4.78 is 4.90. The molecule has 0 aromatic heterocycles. The molecule has 0 fully saturated rings. The molecule has 3 heteroatoms. The number of unbranched alkanes of at least 4 members (excludes halogenated alkanes) is 13. The SMILES string of the molecule is CCOC(=O)CCCCCC#CCCCCCCCCCCCCO. The third kappa shape index (κ3) is 20.9. The summed E-state index contributed by atoms with van der Waals surface area (Å²) in [5.74, 6) is 6.45. The quantitative estimate of drug-likeness (QED) is 0.205. The van der Waals surface area contributed by atoms with Gasteiger partial charge in [-0.25, -0.2) is 0 Å². The summed E-state index contributed by atoms with van der Waals surface area (Å²) >= 11 is 0. The van der Waals surface area contributed by atoms with Crippen molar-refractivity contribution in [3.63, 3.8) is 0 Å². The van der Waals surface area contributed by atoms with E-state index in [1.165, 1.54) is 57.8 Å². The zero-order chi connectivity index (χ0) is 18.4. The minimum absolute atomic E-state index is 0.0738. The van der Waals surface area contributed by atoms with Crippen LogP contribution in [0.15, 0.2) is 0 Å². The van der Waals surface area contributed by atoms with E-state index in [1.807, 2.05) is 6.92 Å². The molecule has 0 radical (unpaired) electrons. The molecule has 1 N–H and O–H groups in total. The molecule has 25 heavy (non-hydrogen) atoms. The first-order valence-electron chi connectivity index (χ1n) is 10.5. The van der Waals surface area contributed by atoms with E-state index in [4.69, 9.17) is 9.84 Å². The van der Waals surface area contributed by atoms with Crippen molar-refractivity contribution in [2.75, 3.05) is 13.2 Å². The van der Waals surface area contributed by atoms with Crippen molar-refractivity contribution in [1.29, 1.82) is 0 Å². The molecule has 0 heterocycles. The summed E-state index contributed by atoms with van der Waals surface area (Å²) in [5, 5.41) is 8.70. The Morgan fingerprint density at radius 3 is 1.64 bits per heavy atom. The second-order valence-electron chi connectivity index (χ2n) is 6.73. The average Bonchev–Trinajstić information content (AvgIpc) is 2.61.